The average molecular weight is 350 g/mol. The molecule has 0 saturated carbocycles. The van der Waals surface area contributed by atoms with E-state index in [4.69, 9.17) is 5.11 Å². The summed E-state index contributed by atoms with van der Waals surface area (Å²) >= 11 is 0. The van der Waals surface area contributed by atoms with Crippen molar-refractivity contribution in [1.29, 1.82) is 0 Å². The molecule has 3 aromatic heterocycles. The molecule has 0 aliphatic rings. The molecule has 0 radical (unpaired) electrons. The lowest BCUT2D eigenvalue weighted by Crippen LogP contribution is -2.15. The number of hydrogen-bond acceptors (Lipinski definition) is 5. The van der Waals surface area contributed by atoms with E-state index < -0.39 is 11.5 Å². The zero-order valence-corrected chi connectivity index (χ0v) is 13.5. The zero-order chi connectivity index (χ0) is 18.1. The van der Waals surface area contributed by atoms with Gasteiger partial charge in [-0.2, -0.15) is 10.1 Å². The molecule has 0 amide bonds. The lowest BCUT2D eigenvalue weighted by atomic mass is 10.1. The van der Waals surface area contributed by atoms with Gasteiger partial charge in [0.15, 0.2) is 11.2 Å². The molecule has 4 aromatic rings. The number of carbonyl (C=O) groups is 1. The van der Waals surface area contributed by atoms with Gasteiger partial charge in [-0.25, -0.2) is 14.5 Å². The van der Waals surface area contributed by atoms with Gasteiger partial charge in [-0.1, -0.05) is 30.3 Å². The van der Waals surface area contributed by atoms with Crippen LogP contribution in [0, 0.1) is 0 Å². The number of fused-ring (bicyclic) bond motifs is 1. The Morgan fingerprint density at radius 3 is 2.77 bits per heavy atom. The van der Waals surface area contributed by atoms with Crippen molar-refractivity contribution in [2.45, 2.75) is 13.0 Å². The van der Waals surface area contributed by atoms with E-state index in [1.54, 1.807) is 10.9 Å². The van der Waals surface area contributed by atoms with Crippen LogP contribution in [0.4, 0.5) is 0 Å². The molecule has 1 aromatic carbocycles. The molecular weight excluding hydrogens is 336 g/mol. The van der Waals surface area contributed by atoms with E-state index in [-0.39, 0.29) is 17.0 Å². The minimum atomic E-state index is -1.10. The maximum Gasteiger partial charge on any atom is 0.338 e. The molecule has 26 heavy (non-hydrogen) atoms. The Labute approximate surface area is 146 Å². The van der Waals surface area contributed by atoms with Gasteiger partial charge in [0, 0.05) is 12.7 Å². The van der Waals surface area contributed by atoms with Crippen LogP contribution in [-0.4, -0.2) is 40.4 Å². The number of benzene rings is 1. The Morgan fingerprint density at radius 1 is 1.23 bits per heavy atom. The number of aromatic nitrogens is 6. The van der Waals surface area contributed by atoms with Crippen molar-refractivity contribution in [3.63, 3.8) is 0 Å². The molecule has 130 valence electrons. The van der Waals surface area contributed by atoms with Gasteiger partial charge in [-0.15, -0.1) is 0 Å². The van der Waals surface area contributed by atoms with Crippen LogP contribution in [0.5, 0.6) is 0 Å². The lowest BCUT2D eigenvalue weighted by molar-refractivity contribution is 0.0697. The van der Waals surface area contributed by atoms with Crippen molar-refractivity contribution in [2.24, 2.45) is 0 Å². The Bertz CT molecular complexity index is 1140. The maximum absolute atomic E-state index is 12.3. The van der Waals surface area contributed by atoms with E-state index in [1.807, 2.05) is 30.3 Å². The smallest absolute Gasteiger partial charge is 0.338 e. The SMILES string of the molecule is O=C(O)c1cnn(-c2nc3c(ncn3CCc3ccccc3)c(=O)[nH]2)c1. The number of aryl methyl sites for hydroxylation is 2. The van der Waals surface area contributed by atoms with Crippen molar-refractivity contribution in [3.05, 3.63) is 70.5 Å². The summed E-state index contributed by atoms with van der Waals surface area (Å²) in [6.07, 6.45) is 4.82. The molecule has 9 nitrogen and oxygen atoms in total. The van der Waals surface area contributed by atoms with Crippen LogP contribution in [-0.2, 0) is 13.0 Å². The highest BCUT2D eigenvalue weighted by Gasteiger charge is 2.13. The molecule has 4 rings (SSSR count). The van der Waals surface area contributed by atoms with Crippen LogP contribution < -0.4 is 5.56 Å². The van der Waals surface area contributed by atoms with Crippen molar-refractivity contribution in [3.8, 4) is 5.95 Å². The van der Waals surface area contributed by atoms with E-state index in [9.17, 15) is 9.59 Å². The standard InChI is InChI=1S/C17H14N6O3/c24-15-13-14(20-17(21-15)23-9-12(8-19-23)16(25)26)22(10-18-13)7-6-11-4-2-1-3-5-11/h1-5,8-10H,6-7H2,(H,25,26)(H,20,21,24). The molecule has 0 atom stereocenters. The third kappa shape index (κ3) is 2.86. The number of nitrogens with one attached hydrogen (secondary N) is 1. The van der Waals surface area contributed by atoms with E-state index in [1.165, 1.54) is 17.1 Å². The fraction of sp³-hybridized carbons (Fsp3) is 0.118. The fourth-order valence-electron chi connectivity index (χ4n) is 2.66. The van der Waals surface area contributed by atoms with Crippen LogP contribution in [0.15, 0.2) is 53.8 Å². The topological polar surface area (TPSA) is 119 Å². The van der Waals surface area contributed by atoms with Crippen LogP contribution in [0.3, 0.4) is 0 Å². The van der Waals surface area contributed by atoms with Gasteiger partial charge in [0.05, 0.1) is 18.1 Å². The molecule has 0 bridgehead atoms. The summed E-state index contributed by atoms with van der Waals surface area (Å²) in [6.45, 7) is 0.607. The molecule has 0 spiro atoms. The largest absolute Gasteiger partial charge is 0.478 e. The molecule has 9 heteroatoms. The lowest BCUT2D eigenvalue weighted by Gasteiger charge is -2.05. The van der Waals surface area contributed by atoms with E-state index in [2.05, 4.69) is 20.1 Å². The molecule has 3 heterocycles. The molecule has 0 aliphatic heterocycles. The number of hydrogen-bond donors (Lipinski definition) is 2. The molecule has 0 fully saturated rings. The number of aromatic amines is 1. The van der Waals surface area contributed by atoms with Gasteiger partial charge in [-0.05, 0) is 12.0 Å². The maximum atomic E-state index is 12.3. The summed E-state index contributed by atoms with van der Waals surface area (Å²) in [6, 6.07) is 9.96. The number of H-pyrrole nitrogens is 1. The van der Waals surface area contributed by atoms with Crippen LogP contribution in [0.2, 0.25) is 0 Å². The highest BCUT2D eigenvalue weighted by Crippen LogP contribution is 2.10. The second kappa shape index (κ2) is 6.28. The number of aromatic carboxylic acids is 1. The Kier molecular flexibility index (Phi) is 3.81. The fourth-order valence-corrected chi connectivity index (χ4v) is 2.66. The number of nitrogens with zero attached hydrogens (tertiary/aromatic N) is 5. The van der Waals surface area contributed by atoms with Crippen molar-refractivity contribution in [1.82, 2.24) is 29.3 Å². The van der Waals surface area contributed by atoms with Gasteiger partial charge >= 0.3 is 5.97 Å². The van der Waals surface area contributed by atoms with Crippen LogP contribution >= 0.6 is 0 Å². The van der Waals surface area contributed by atoms with Crippen molar-refractivity contribution >= 4 is 17.1 Å². The Hall–Kier alpha value is -3.75. The van der Waals surface area contributed by atoms with Gasteiger partial charge in [0.25, 0.3) is 5.56 Å². The quantitative estimate of drug-likeness (QED) is 0.559. The Balaban J connectivity index is 1.70. The van der Waals surface area contributed by atoms with Gasteiger partial charge in [0.2, 0.25) is 5.95 Å². The summed E-state index contributed by atoms with van der Waals surface area (Å²) in [5.41, 5.74) is 1.42. The van der Waals surface area contributed by atoms with Gasteiger partial charge < -0.3 is 9.67 Å². The van der Waals surface area contributed by atoms with E-state index in [0.717, 1.165) is 12.0 Å². The van der Waals surface area contributed by atoms with Gasteiger partial charge in [0.1, 0.15) is 0 Å². The minimum Gasteiger partial charge on any atom is -0.478 e. The first kappa shape index (κ1) is 15.8. The Morgan fingerprint density at radius 2 is 2.04 bits per heavy atom. The summed E-state index contributed by atoms with van der Waals surface area (Å²) in [5, 5.41) is 12.9. The van der Waals surface area contributed by atoms with Crippen LogP contribution in [0.25, 0.3) is 17.1 Å². The highest BCUT2D eigenvalue weighted by molar-refractivity contribution is 5.86. The molecule has 0 saturated heterocycles. The van der Waals surface area contributed by atoms with E-state index >= 15 is 0 Å². The second-order valence-corrected chi connectivity index (χ2v) is 5.71. The number of imidazole rings is 1. The average Bonchev–Trinajstić information content (AvgIpc) is 3.28. The normalized spacial score (nSPS) is 11.1. The third-order valence-electron chi connectivity index (χ3n) is 3.99. The van der Waals surface area contributed by atoms with Crippen molar-refractivity contribution in [2.75, 3.05) is 0 Å². The summed E-state index contributed by atoms with van der Waals surface area (Å²) in [4.78, 5) is 34.4. The monoisotopic (exact) mass is 350 g/mol. The van der Waals surface area contributed by atoms with Crippen LogP contribution in [0.1, 0.15) is 15.9 Å². The number of rotatable bonds is 5. The van der Waals surface area contributed by atoms with Gasteiger partial charge in [-0.3, -0.25) is 9.78 Å². The number of carboxylic acid groups (broad SMARTS) is 1. The van der Waals surface area contributed by atoms with E-state index in [0.29, 0.717) is 12.2 Å². The molecule has 2 N–H and O–H groups in total. The summed E-state index contributed by atoms with van der Waals surface area (Å²) in [5.74, 6) is -0.968. The molecule has 0 unspecified atom stereocenters. The first-order valence-electron chi connectivity index (χ1n) is 7.89. The van der Waals surface area contributed by atoms with Crippen molar-refractivity contribution < 1.29 is 9.90 Å². The summed E-state index contributed by atoms with van der Waals surface area (Å²) < 4.78 is 3.02. The minimum absolute atomic E-state index is 0.00494. The zero-order valence-electron chi connectivity index (χ0n) is 13.5. The predicted molar refractivity (Wildman–Crippen MR) is 92.4 cm³/mol. The molecule has 0 aliphatic carbocycles. The third-order valence-corrected chi connectivity index (χ3v) is 3.99. The summed E-state index contributed by atoms with van der Waals surface area (Å²) in [7, 11) is 0. The second-order valence-electron chi connectivity index (χ2n) is 5.71. The first-order valence-corrected chi connectivity index (χ1v) is 7.89. The number of carboxylic acids is 1. The first-order chi connectivity index (χ1) is 12.6. The molecular formula is C17H14N6O3. The predicted octanol–water partition coefficient (Wildman–Crippen LogP) is 1.25. The highest BCUT2D eigenvalue weighted by atomic mass is 16.4.